The van der Waals surface area contributed by atoms with Gasteiger partial charge in [0.2, 0.25) is 0 Å². The Hall–Kier alpha value is -0.570. The highest BCUT2D eigenvalue weighted by molar-refractivity contribution is 6.31. The zero-order valence-corrected chi connectivity index (χ0v) is 12.1. The van der Waals surface area contributed by atoms with Crippen LogP contribution in [-0.4, -0.2) is 18.2 Å². The van der Waals surface area contributed by atoms with Crippen molar-refractivity contribution in [2.24, 2.45) is 0 Å². The van der Waals surface area contributed by atoms with Gasteiger partial charge in [0.15, 0.2) is 0 Å². The molecule has 0 bridgehead atoms. The number of halogens is 1. The Morgan fingerprint density at radius 3 is 2.78 bits per heavy atom. The molecular weight excluding hydrogens is 246 g/mol. The van der Waals surface area contributed by atoms with E-state index in [1.54, 1.807) is 0 Å². The van der Waals surface area contributed by atoms with Crippen LogP contribution in [0.2, 0.25) is 5.02 Å². The first-order valence-electron chi connectivity index (χ1n) is 6.62. The van der Waals surface area contributed by atoms with Crippen LogP contribution in [0.25, 0.3) is 0 Å². The fraction of sp³-hybridized carbons (Fsp3) is 0.600. The second kappa shape index (κ2) is 5.60. The summed E-state index contributed by atoms with van der Waals surface area (Å²) in [5, 5.41) is 4.50. The topological polar surface area (TPSA) is 21.3 Å². The Morgan fingerprint density at radius 1 is 1.39 bits per heavy atom. The third-order valence-electron chi connectivity index (χ3n) is 3.55. The van der Waals surface area contributed by atoms with Crippen molar-refractivity contribution >= 4 is 11.6 Å². The first kappa shape index (κ1) is 13.9. The molecule has 1 heterocycles. The minimum absolute atomic E-state index is 0.0177. The van der Waals surface area contributed by atoms with Gasteiger partial charge in [0, 0.05) is 23.7 Å². The summed E-state index contributed by atoms with van der Waals surface area (Å²) in [7, 11) is 0. The van der Waals surface area contributed by atoms with E-state index in [0.29, 0.717) is 6.04 Å². The van der Waals surface area contributed by atoms with Crippen LogP contribution in [0.1, 0.15) is 45.2 Å². The van der Waals surface area contributed by atoms with Gasteiger partial charge in [-0.3, -0.25) is 0 Å². The van der Waals surface area contributed by atoms with Crippen molar-refractivity contribution in [1.82, 2.24) is 5.32 Å². The van der Waals surface area contributed by atoms with Crippen molar-refractivity contribution in [2.45, 2.75) is 51.3 Å². The van der Waals surface area contributed by atoms with Gasteiger partial charge in [0.25, 0.3) is 0 Å². The number of ether oxygens (including phenoxy) is 1. The fourth-order valence-corrected chi connectivity index (χ4v) is 2.94. The monoisotopic (exact) mass is 267 g/mol. The maximum absolute atomic E-state index is 6.23. The Labute approximate surface area is 115 Å². The molecule has 0 saturated carbocycles. The van der Waals surface area contributed by atoms with E-state index in [0.717, 1.165) is 24.5 Å². The number of hydrogen-bond donors (Lipinski definition) is 1. The highest BCUT2D eigenvalue weighted by Crippen LogP contribution is 2.27. The molecule has 0 amide bonds. The molecule has 100 valence electrons. The summed E-state index contributed by atoms with van der Waals surface area (Å²) in [6, 6.07) is 8.81. The van der Waals surface area contributed by atoms with Crippen molar-refractivity contribution < 1.29 is 4.74 Å². The average molecular weight is 268 g/mol. The maximum atomic E-state index is 6.23. The van der Waals surface area contributed by atoms with Crippen LogP contribution < -0.4 is 5.32 Å². The van der Waals surface area contributed by atoms with Crippen LogP contribution in [0.4, 0.5) is 0 Å². The summed E-state index contributed by atoms with van der Waals surface area (Å²) >= 11 is 6.23. The highest BCUT2D eigenvalue weighted by atomic mass is 35.5. The smallest absolute Gasteiger partial charge is 0.0641 e. The van der Waals surface area contributed by atoms with Crippen molar-refractivity contribution in [3.05, 3.63) is 34.9 Å². The molecular formula is C15H22ClNO. The van der Waals surface area contributed by atoms with Gasteiger partial charge in [0.05, 0.1) is 5.60 Å². The molecule has 1 aromatic rings. The van der Waals surface area contributed by atoms with E-state index in [-0.39, 0.29) is 11.6 Å². The van der Waals surface area contributed by atoms with E-state index in [4.69, 9.17) is 16.3 Å². The Bertz CT molecular complexity index is 405. The first-order valence-corrected chi connectivity index (χ1v) is 7.00. The summed E-state index contributed by atoms with van der Waals surface area (Å²) in [5.74, 6) is 0. The molecule has 0 radical (unpaired) electrons. The molecule has 18 heavy (non-hydrogen) atoms. The maximum Gasteiger partial charge on any atom is 0.0641 e. The lowest BCUT2D eigenvalue weighted by atomic mass is 9.93. The molecule has 2 atom stereocenters. The number of benzene rings is 1. The van der Waals surface area contributed by atoms with E-state index in [1.165, 1.54) is 5.56 Å². The number of rotatable bonds is 3. The minimum atomic E-state index is -0.0177. The predicted molar refractivity (Wildman–Crippen MR) is 76.1 cm³/mol. The SMILES string of the molecule is CC(NC1CCOC(C)(C)C1)c1ccccc1Cl. The molecule has 0 spiro atoms. The quantitative estimate of drug-likeness (QED) is 0.895. The van der Waals surface area contributed by atoms with Gasteiger partial charge < -0.3 is 10.1 Å². The zero-order valence-electron chi connectivity index (χ0n) is 11.4. The Kier molecular flexibility index (Phi) is 4.31. The third-order valence-corrected chi connectivity index (χ3v) is 3.90. The fourth-order valence-electron chi connectivity index (χ4n) is 2.64. The van der Waals surface area contributed by atoms with Gasteiger partial charge in [-0.05, 0) is 45.2 Å². The standard InChI is InChI=1S/C15H22ClNO/c1-11(13-6-4-5-7-14(13)16)17-12-8-9-18-15(2,3)10-12/h4-7,11-12,17H,8-10H2,1-3H3. The summed E-state index contributed by atoms with van der Waals surface area (Å²) in [6.45, 7) is 7.31. The van der Waals surface area contributed by atoms with E-state index in [2.05, 4.69) is 32.2 Å². The molecule has 1 aliphatic heterocycles. The van der Waals surface area contributed by atoms with Gasteiger partial charge in [-0.15, -0.1) is 0 Å². The summed E-state index contributed by atoms with van der Waals surface area (Å²) in [4.78, 5) is 0. The molecule has 0 aliphatic carbocycles. The highest BCUT2D eigenvalue weighted by Gasteiger charge is 2.29. The lowest BCUT2D eigenvalue weighted by Gasteiger charge is -2.37. The molecule has 1 N–H and O–H groups in total. The molecule has 3 heteroatoms. The van der Waals surface area contributed by atoms with E-state index >= 15 is 0 Å². The molecule has 1 saturated heterocycles. The van der Waals surface area contributed by atoms with E-state index in [9.17, 15) is 0 Å². The van der Waals surface area contributed by atoms with Crippen molar-refractivity contribution in [3.8, 4) is 0 Å². The van der Waals surface area contributed by atoms with Gasteiger partial charge in [-0.2, -0.15) is 0 Å². The largest absolute Gasteiger partial charge is 0.375 e. The van der Waals surface area contributed by atoms with Crippen LogP contribution >= 0.6 is 11.6 Å². The molecule has 1 aromatic carbocycles. The Balaban J connectivity index is 1.99. The third kappa shape index (κ3) is 3.47. The number of hydrogen-bond acceptors (Lipinski definition) is 2. The average Bonchev–Trinajstić information content (AvgIpc) is 2.28. The van der Waals surface area contributed by atoms with Crippen LogP contribution in [0, 0.1) is 0 Å². The van der Waals surface area contributed by atoms with Crippen LogP contribution in [0.15, 0.2) is 24.3 Å². The molecule has 2 rings (SSSR count). The molecule has 0 aromatic heterocycles. The number of nitrogens with one attached hydrogen (secondary N) is 1. The van der Waals surface area contributed by atoms with Crippen molar-refractivity contribution in [2.75, 3.05) is 6.61 Å². The second-order valence-corrected chi connectivity index (χ2v) is 6.11. The van der Waals surface area contributed by atoms with Crippen molar-refractivity contribution in [1.29, 1.82) is 0 Å². The van der Waals surface area contributed by atoms with E-state index < -0.39 is 0 Å². The van der Waals surface area contributed by atoms with Crippen LogP contribution in [0.3, 0.4) is 0 Å². The molecule has 1 fully saturated rings. The van der Waals surface area contributed by atoms with Gasteiger partial charge in [-0.1, -0.05) is 29.8 Å². The van der Waals surface area contributed by atoms with E-state index in [1.807, 2.05) is 18.2 Å². The lowest BCUT2D eigenvalue weighted by molar-refractivity contribution is -0.0639. The first-order chi connectivity index (χ1) is 8.48. The van der Waals surface area contributed by atoms with Crippen LogP contribution in [-0.2, 0) is 4.74 Å². The normalized spacial score (nSPS) is 24.8. The van der Waals surface area contributed by atoms with Gasteiger partial charge >= 0.3 is 0 Å². The Morgan fingerprint density at radius 2 is 2.11 bits per heavy atom. The molecule has 2 unspecified atom stereocenters. The van der Waals surface area contributed by atoms with Crippen molar-refractivity contribution in [3.63, 3.8) is 0 Å². The summed E-state index contributed by atoms with van der Waals surface area (Å²) < 4.78 is 5.74. The lowest BCUT2D eigenvalue weighted by Crippen LogP contribution is -2.44. The van der Waals surface area contributed by atoms with Crippen LogP contribution in [0.5, 0.6) is 0 Å². The summed E-state index contributed by atoms with van der Waals surface area (Å²) in [6.07, 6.45) is 2.11. The van der Waals surface area contributed by atoms with Gasteiger partial charge in [-0.25, -0.2) is 0 Å². The molecule has 1 aliphatic rings. The van der Waals surface area contributed by atoms with Gasteiger partial charge in [0.1, 0.15) is 0 Å². The molecule has 2 nitrogen and oxygen atoms in total. The zero-order chi connectivity index (χ0) is 13.2. The second-order valence-electron chi connectivity index (χ2n) is 5.71. The summed E-state index contributed by atoms with van der Waals surface area (Å²) in [5.41, 5.74) is 1.15. The predicted octanol–water partition coefficient (Wildman–Crippen LogP) is 3.95. The minimum Gasteiger partial charge on any atom is -0.375 e.